The van der Waals surface area contributed by atoms with Crippen molar-refractivity contribution in [2.24, 2.45) is 0 Å². The van der Waals surface area contributed by atoms with E-state index in [2.05, 4.69) is 29.2 Å². The number of piperazine rings is 1. The minimum absolute atomic E-state index is 0.00493. The highest BCUT2D eigenvalue weighted by Gasteiger charge is 2.35. The molecule has 0 atom stereocenters. The molecule has 0 spiro atoms. The first kappa shape index (κ1) is 25.9. The van der Waals surface area contributed by atoms with Crippen molar-refractivity contribution < 1.29 is 18.8 Å². The fraction of sp³-hybridized carbons (Fsp3) is 0.233. The summed E-state index contributed by atoms with van der Waals surface area (Å²) in [6, 6.07) is 23.4. The topological polar surface area (TPSA) is 60.9 Å². The zero-order chi connectivity index (χ0) is 26.5. The molecule has 2 saturated heterocycles. The van der Waals surface area contributed by atoms with Crippen LogP contribution in [0, 0.1) is 5.82 Å². The van der Waals surface area contributed by atoms with Gasteiger partial charge >= 0.3 is 0 Å². The van der Waals surface area contributed by atoms with E-state index in [0.717, 1.165) is 48.3 Å². The first-order valence-corrected chi connectivity index (χ1v) is 13.4. The summed E-state index contributed by atoms with van der Waals surface area (Å²) in [5, 5.41) is -0.389. The molecule has 2 aliphatic heterocycles. The number of nitrogens with zero attached hydrogens (tertiary/aromatic N) is 3. The Morgan fingerprint density at radius 2 is 1.58 bits per heavy atom. The number of hydrogen-bond acceptors (Lipinski definition) is 5. The number of carbonyl (C=O) groups excluding carboxylic acids is 3. The van der Waals surface area contributed by atoms with E-state index >= 15 is 0 Å². The van der Waals surface area contributed by atoms with Gasteiger partial charge in [-0.15, -0.1) is 0 Å². The molecule has 3 amide bonds. The molecular weight excluding hydrogens is 501 g/mol. The first-order chi connectivity index (χ1) is 18.5. The van der Waals surface area contributed by atoms with Gasteiger partial charge in [-0.05, 0) is 65.2 Å². The summed E-state index contributed by atoms with van der Waals surface area (Å²) in [4.78, 5) is 43.9. The standard InChI is InChI=1S/C30H28FN3O3S/c31-26-8-4-7-24(19-26)21-34-29(36)27(38-30(34)37)20-23-9-11-25(12-10-23)28(35)33-17-15-32(16-18-33)14-13-22-5-2-1-3-6-22/h1-12,19-20H,13-18,21H2/b27-20-. The lowest BCUT2D eigenvalue weighted by molar-refractivity contribution is -0.123. The van der Waals surface area contributed by atoms with E-state index in [4.69, 9.17) is 0 Å². The van der Waals surface area contributed by atoms with E-state index in [0.29, 0.717) is 29.1 Å². The van der Waals surface area contributed by atoms with E-state index in [1.165, 1.54) is 17.7 Å². The second-order valence-electron chi connectivity index (χ2n) is 9.39. The number of thioether (sulfide) groups is 1. The Balaban J connectivity index is 1.15. The minimum Gasteiger partial charge on any atom is -0.336 e. The SMILES string of the molecule is O=C(c1ccc(/C=C2\SC(=O)N(Cc3cccc(F)c3)C2=O)cc1)N1CCN(CCc2ccccc2)CC1. The van der Waals surface area contributed by atoms with Gasteiger partial charge < -0.3 is 4.90 Å². The van der Waals surface area contributed by atoms with Crippen LogP contribution in [0.3, 0.4) is 0 Å². The lowest BCUT2D eigenvalue weighted by atomic mass is 10.1. The first-order valence-electron chi connectivity index (χ1n) is 12.6. The van der Waals surface area contributed by atoms with Gasteiger partial charge in [0.05, 0.1) is 11.4 Å². The molecule has 2 heterocycles. The maximum absolute atomic E-state index is 13.5. The number of carbonyl (C=O) groups is 3. The van der Waals surface area contributed by atoms with Gasteiger partial charge in [-0.2, -0.15) is 0 Å². The van der Waals surface area contributed by atoms with Crippen LogP contribution in [0.5, 0.6) is 0 Å². The molecular formula is C30H28FN3O3S. The third kappa shape index (κ3) is 6.20. The minimum atomic E-state index is -0.412. The Hall–Kier alpha value is -3.75. The molecule has 0 N–H and O–H groups in total. The lowest BCUT2D eigenvalue weighted by Gasteiger charge is -2.34. The number of imide groups is 1. The Morgan fingerprint density at radius 1 is 0.868 bits per heavy atom. The maximum atomic E-state index is 13.5. The van der Waals surface area contributed by atoms with Gasteiger partial charge in [0.2, 0.25) is 0 Å². The summed E-state index contributed by atoms with van der Waals surface area (Å²) < 4.78 is 13.5. The Morgan fingerprint density at radius 3 is 2.29 bits per heavy atom. The van der Waals surface area contributed by atoms with Crippen LogP contribution in [-0.2, 0) is 17.8 Å². The second-order valence-corrected chi connectivity index (χ2v) is 10.4. The molecule has 0 saturated carbocycles. The summed E-state index contributed by atoms with van der Waals surface area (Å²) in [6.45, 7) is 4.08. The zero-order valence-electron chi connectivity index (χ0n) is 20.9. The van der Waals surface area contributed by atoms with Crippen molar-refractivity contribution in [2.75, 3.05) is 32.7 Å². The number of halogens is 1. The van der Waals surface area contributed by atoms with Crippen LogP contribution in [0.2, 0.25) is 0 Å². The predicted octanol–water partition coefficient (Wildman–Crippen LogP) is 5.06. The van der Waals surface area contributed by atoms with Crippen molar-refractivity contribution in [3.63, 3.8) is 0 Å². The molecule has 3 aromatic carbocycles. The van der Waals surface area contributed by atoms with Crippen LogP contribution in [0.1, 0.15) is 27.0 Å². The third-order valence-corrected chi connectivity index (χ3v) is 7.69. The number of rotatable bonds is 7. The molecule has 2 fully saturated rings. The van der Waals surface area contributed by atoms with Gasteiger partial charge in [0.15, 0.2) is 0 Å². The molecule has 0 unspecified atom stereocenters. The summed E-state index contributed by atoms with van der Waals surface area (Å²) >= 11 is 0.861. The summed E-state index contributed by atoms with van der Waals surface area (Å²) in [6.07, 6.45) is 2.65. The monoisotopic (exact) mass is 529 g/mol. The van der Waals surface area contributed by atoms with Crippen molar-refractivity contribution >= 4 is 34.9 Å². The van der Waals surface area contributed by atoms with Gasteiger partial charge in [0.1, 0.15) is 5.82 Å². The largest absolute Gasteiger partial charge is 0.336 e. The Labute approximate surface area is 225 Å². The summed E-state index contributed by atoms with van der Waals surface area (Å²) in [5.74, 6) is -0.825. The van der Waals surface area contributed by atoms with Crippen molar-refractivity contribution in [2.45, 2.75) is 13.0 Å². The van der Waals surface area contributed by atoms with Crippen LogP contribution in [-0.4, -0.2) is 64.5 Å². The van der Waals surface area contributed by atoms with E-state index < -0.39 is 11.7 Å². The van der Waals surface area contributed by atoms with Crippen molar-refractivity contribution in [1.82, 2.24) is 14.7 Å². The molecule has 0 radical (unpaired) electrons. The van der Waals surface area contributed by atoms with E-state index in [9.17, 15) is 18.8 Å². The highest BCUT2D eigenvalue weighted by Crippen LogP contribution is 2.33. The molecule has 0 aromatic heterocycles. The van der Waals surface area contributed by atoms with Gasteiger partial charge in [-0.25, -0.2) is 4.39 Å². The number of hydrogen-bond donors (Lipinski definition) is 0. The Kier molecular flexibility index (Phi) is 8.00. The third-order valence-electron chi connectivity index (χ3n) is 6.78. The number of benzene rings is 3. The average Bonchev–Trinajstić information content (AvgIpc) is 3.20. The van der Waals surface area contributed by atoms with E-state index in [1.54, 1.807) is 42.5 Å². The van der Waals surface area contributed by atoms with E-state index in [-0.39, 0.29) is 17.7 Å². The molecule has 38 heavy (non-hydrogen) atoms. The normalized spacial score (nSPS) is 17.4. The molecule has 194 valence electrons. The summed E-state index contributed by atoms with van der Waals surface area (Å²) in [5.41, 5.74) is 3.19. The quantitative estimate of drug-likeness (QED) is 0.401. The molecule has 6 nitrogen and oxygen atoms in total. The van der Waals surface area contributed by atoms with Gasteiger partial charge in [-0.3, -0.25) is 24.2 Å². The highest BCUT2D eigenvalue weighted by atomic mass is 32.2. The smallest absolute Gasteiger partial charge is 0.293 e. The second kappa shape index (κ2) is 11.8. The van der Waals surface area contributed by atoms with Gasteiger partial charge in [0.25, 0.3) is 17.1 Å². The molecule has 0 bridgehead atoms. The van der Waals surface area contributed by atoms with Crippen LogP contribution >= 0.6 is 11.8 Å². The van der Waals surface area contributed by atoms with Crippen LogP contribution < -0.4 is 0 Å². The van der Waals surface area contributed by atoms with Crippen LogP contribution in [0.4, 0.5) is 9.18 Å². The van der Waals surface area contributed by atoms with Gasteiger partial charge in [0, 0.05) is 38.3 Å². The average molecular weight is 530 g/mol. The van der Waals surface area contributed by atoms with Crippen molar-refractivity contribution in [3.8, 4) is 0 Å². The van der Waals surface area contributed by atoms with Crippen LogP contribution in [0.15, 0.2) is 83.8 Å². The molecule has 2 aliphatic rings. The van der Waals surface area contributed by atoms with Crippen molar-refractivity contribution in [3.05, 3.63) is 112 Å². The van der Waals surface area contributed by atoms with Crippen LogP contribution in [0.25, 0.3) is 6.08 Å². The fourth-order valence-corrected chi connectivity index (χ4v) is 5.45. The lowest BCUT2D eigenvalue weighted by Crippen LogP contribution is -2.49. The zero-order valence-corrected chi connectivity index (χ0v) is 21.7. The summed E-state index contributed by atoms with van der Waals surface area (Å²) in [7, 11) is 0. The Bertz CT molecular complexity index is 1350. The molecule has 0 aliphatic carbocycles. The fourth-order valence-electron chi connectivity index (χ4n) is 4.62. The molecule has 8 heteroatoms. The highest BCUT2D eigenvalue weighted by molar-refractivity contribution is 8.18. The molecule has 3 aromatic rings. The van der Waals surface area contributed by atoms with E-state index in [1.807, 2.05) is 11.0 Å². The van der Waals surface area contributed by atoms with Crippen molar-refractivity contribution in [1.29, 1.82) is 0 Å². The molecule has 5 rings (SSSR count). The number of amides is 3. The van der Waals surface area contributed by atoms with Gasteiger partial charge in [-0.1, -0.05) is 54.6 Å². The predicted molar refractivity (Wildman–Crippen MR) is 147 cm³/mol. The maximum Gasteiger partial charge on any atom is 0.293 e.